The van der Waals surface area contributed by atoms with Crippen LogP contribution in [0.25, 0.3) is 0 Å². The lowest BCUT2D eigenvalue weighted by atomic mass is 9.67. The molecule has 10 aliphatic rings. The Morgan fingerprint density at radius 3 is 1.18 bits per heavy atom. The first kappa shape index (κ1) is 90.5. The number of rotatable bonds is 12. The summed E-state index contributed by atoms with van der Waals surface area (Å²) in [6.07, 6.45) is -0.900. The number of Topliss-reactive ketones (excluding diaryl/α,β-unsaturated/α-hetero) is 4. The van der Waals surface area contributed by atoms with Crippen LogP contribution in [0.4, 0.5) is 0 Å². The van der Waals surface area contributed by atoms with Gasteiger partial charge in [0.1, 0.15) is 42.0 Å². The maximum Gasteiger partial charge on any atom is 0.377 e. The number of cyclic esters (lactones) is 4. The minimum Gasteiger partial charge on any atom is -0.508 e. The molecular weight excluding hydrogens is 1410 g/mol. The topological polar surface area (TPSA) is 453 Å². The third-order valence-electron chi connectivity index (χ3n) is 20.0. The van der Waals surface area contributed by atoms with Gasteiger partial charge in [-0.25, -0.2) is 19.2 Å². The normalized spacial score (nSPS) is 29.6. The van der Waals surface area contributed by atoms with Crippen molar-refractivity contribution in [1.29, 1.82) is 0 Å². The van der Waals surface area contributed by atoms with E-state index < -0.39 is 140 Å². The van der Waals surface area contributed by atoms with Crippen LogP contribution in [0, 0.1) is 33.5 Å². The van der Waals surface area contributed by atoms with Crippen molar-refractivity contribution in [2.75, 3.05) is 26.4 Å². The van der Waals surface area contributed by atoms with Crippen LogP contribution in [0.5, 0.6) is 0 Å². The molecule has 0 saturated carbocycles. The van der Waals surface area contributed by atoms with E-state index in [0.29, 0.717) is 36.8 Å². The summed E-state index contributed by atoms with van der Waals surface area (Å²) in [6.45, 7) is 42.3. The smallest absolute Gasteiger partial charge is 0.377 e. The summed E-state index contributed by atoms with van der Waals surface area (Å²) in [5, 5.41) is 111. The second-order valence-electron chi connectivity index (χ2n) is 32.2. The molecule has 0 bridgehead atoms. The van der Waals surface area contributed by atoms with Crippen molar-refractivity contribution in [2.24, 2.45) is 33.5 Å². The Labute approximate surface area is 630 Å². The van der Waals surface area contributed by atoms with E-state index in [1.807, 2.05) is 75.3 Å². The van der Waals surface area contributed by atoms with E-state index in [1.54, 1.807) is 13.8 Å². The first-order valence-corrected chi connectivity index (χ1v) is 35.7. The molecule has 10 rings (SSSR count). The summed E-state index contributed by atoms with van der Waals surface area (Å²) in [5.41, 5.74) is 11.8. The average Bonchev–Trinajstić information content (AvgIpc) is 1.07. The molecular formula is C80H112O28. The second kappa shape index (κ2) is 36.1. The molecule has 8 unspecified atom stereocenters. The number of carbonyl (C=O) groups excluding carboxylic acids is 8. The number of aliphatic hydroxyl groups excluding tert-OH is 12. The highest BCUT2D eigenvalue weighted by Gasteiger charge is 2.52. The van der Waals surface area contributed by atoms with Gasteiger partial charge in [-0.3, -0.25) is 19.2 Å². The highest BCUT2D eigenvalue weighted by atomic mass is 16.7. The fourth-order valence-corrected chi connectivity index (χ4v) is 14.3. The summed E-state index contributed by atoms with van der Waals surface area (Å²) in [7, 11) is 0. The SMILES string of the molecule is CC(C)=CC1=C(C)C(=O)C(=O)CC1(C)C.CC(C)=CC1=C(C)C(=O)C(C2OCC([C@H]3OC(=O)C(C)=C3O)O2)CC1(C)C.CC(C)=CC1=C(C)C(=O)C(O)CC1(C)C.CC(C)=CC1=C(C)C(C2OCC([C@H]3OC(=O)C(C)=C3O)O2)C(O)CC1(C)C.O=C1O[C@H]([C@@H](O)CO)C(O)=C1O.O=C1O[C@H]([C@@H](O)CO)C(O)=C1O. The molecule has 14 atom stereocenters. The molecule has 4 aliphatic carbocycles. The van der Waals surface area contributed by atoms with Gasteiger partial charge in [0, 0.05) is 12.0 Å². The predicted octanol–water partition coefficient (Wildman–Crippen LogP) is 9.21. The van der Waals surface area contributed by atoms with E-state index in [9.17, 15) is 58.8 Å². The summed E-state index contributed by atoms with van der Waals surface area (Å²) >= 11 is 0. The lowest BCUT2D eigenvalue weighted by molar-refractivity contribution is -0.156. The third kappa shape index (κ3) is 20.8. The Morgan fingerprint density at radius 2 is 0.806 bits per heavy atom. The summed E-state index contributed by atoms with van der Waals surface area (Å²) in [6, 6.07) is 0. The summed E-state index contributed by atoms with van der Waals surface area (Å²) in [5.74, 6) is -8.28. The highest BCUT2D eigenvalue weighted by molar-refractivity contribution is 6.44. The maximum atomic E-state index is 13.0. The minimum atomic E-state index is -1.42. The molecule has 28 heteroatoms. The van der Waals surface area contributed by atoms with E-state index in [1.165, 1.54) is 30.6 Å². The Balaban J connectivity index is 0.000000241. The van der Waals surface area contributed by atoms with Crippen LogP contribution >= 0.6 is 0 Å². The van der Waals surface area contributed by atoms with Crippen LogP contribution in [0.2, 0.25) is 0 Å². The molecule has 12 N–H and O–H groups in total. The van der Waals surface area contributed by atoms with Gasteiger partial charge in [0.05, 0.1) is 55.5 Å². The molecule has 2 saturated heterocycles. The Bertz CT molecular complexity index is 3870. The second-order valence-corrected chi connectivity index (χ2v) is 32.2. The number of allylic oxidation sites excluding steroid dienone is 14. The zero-order valence-corrected chi connectivity index (χ0v) is 65.9. The standard InChI is InChI=1S/C21H28O6.C21H30O6.C13H20O2.C13H18O2.2C6H8O6/c1-10(2)7-14-11(3)16(22)13(8-21(14,5)6)20-25-9-15(26-20)18-17(23)12(4)19(24)27-18;1-10(2)7-13-11(3)16(14(22)8-21(13,5)6)20-25-9-15(26-20)18-17(23)12(4)19(24)27-18;2*1-8(2)6-10-9(3)12(15)11(14)7-13(10,4)5;2*7-1-2(8)5-3(9)4(10)6(11)12-5/h7,13,15,18,20,23H,8-9H2,1-6H3;7,14-16,18,20,22-23H,8-9H2,1-6H3;6,11,14H,7H2,1-5H3;6H,7H2,1-5H3;2*2,5,7-10H,1H2/t13?,15?,18-,20?;14?,15?,16?,18-,20?;;;2*2-,5+/m11..00/s1. The average molecular weight is 1520 g/mol. The number of carbonyl (C=O) groups is 8. The number of ketones is 4. The Kier molecular flexibility index (Phi) is 30.3. The maximum absolute atomic E-state index is 13.0. The number of hydrogen-bond donors (Lipinski definition) is 12. The number of hydrogen-bond acceptors (Lipinski definition) is 28. The van der Waals surface area contributed by atoms with Gasteiger partial charge in [-0.05, 0) is 171 Å². The van der Waals surface area contributed by atoms with Gasteiger partial charge in [-0.2, -0.15) is 0 Å². The lowest BCUT2D eigenvalue weighted by Crippen LogP contribution is -2.42. The number of ether oxygens (including phenoxy) is 8. The highest BCUT2D eigenvalue weighted by Crippen LogP contribution is 2.49. The molecule has 6 aliphatic heterocycles. The molecule has 600 valence electrons. The van der Waals surface area contributed by atoms with Crippen LogP contribution in [-0.4, -0.2) is 208 Å². The van der Waals surface area contributed by atoms with Gasteiger partial charge in [0.25, 0.3) is 0 Å². The van der Waals surface area contributed by atoms with E-state index >= 15 is 0 Å². The monoisotopic (exact) mass is 1520 g/mol. The molecule has 6 heterocycles. The largest absolute Gasteiger partial charge is 0.508 e. The lowest BCUT2D eigenvalue weighted by Gasteiger charge is -2.42. The fourth-order valence-electron chi connectivity index (χ4n) is 14.3. The zero-order valence-electron chi connectivity index (χ0n) is 65.9. The van der Waals surface area contributed by atoms with Crippen molar-refractivity contribution in [3.8, 4) is 0 Å². The molecule has 0 amide bonds. The minimum absolute atomic E-state index is 0.0202. The van der Waals surface area contributed by atoms with Crippen LogP contribution < -0.4 is 0 Å². The van der Waals surface area contributed by atoms with Gasteiger partial charge in [-0.1, -0.05) is 108 Å². The van der Waals surface area contributed by atoms with Crippen molar-refractivity contribution < 1.29 is 138 Å². The number of esters is 4. The first-order valence-electron chi connectivity index (χ1n) is 35.7. The molecule has 0 radical (unpaired) electrons. The van der Waals surface area contributed by atoms with Crippen LogP contribution in [-0.2, 0) is 76.3 Å². The quantitative estimate of drug-likeness (QED) is 0.0492. The van der Waals surface area contributed by atoms with E-state index in [-0.39, 0.29) is 86.6 Å². The van der Waals surface area contributed by atoms with Gasteiger partial charge in [0.2, 0.25) is 23.1 Å². The molecule has 0 aromatic heterocycles. The fraction of sp³-hybridized carbons (Fsp3) is 0.600. The van der Waals surface area contributed by atoms with Crippen LogP contribution in [0.15, 0.2) is 137 Å². The van der Waals surface area contributed by atoms with Crippen molar-refractivity contribution in [3.05, 3.63) is 137 Å². The zero-order chi connectivity index (χ0) is 82.4. The molecule has 0 aromatic rings. The van der Waals surface area contributed by atoms with E-state index in [2.05, 4.69) is 83.1 Å². The molecule has 2 fully saturated rings. The van der Waals surface area contributed by atoms with Gasteiger partial charge < -0.3 is 99.2 Å². The summed E-state index contributed by atoms with van der Waals surface area (Å²) < 4.78 is 42.6. The van der Waals surface area contributed by atoms with Gasteiger partial charge >= 0.3 is 23.9 Å². The molecule has 0 spiro atoms. The van der Waals surface area contributed by atoms with E-state index in [0.717, 1.165) is 39.0 Å². The Morgan fingerprint density at radius 1 is 0.444 bits per heavy atom. The van der Waals surface area contributed by atoms with Crippen LogP contribution in [0.3, 0.4) is 0 Å². The van der Waals surface area contributed by atoms with Crippen LogP contribution in [0.1, 0.15) is 178 Å². The first-order chi connectivity index (χ1) is 49.7. The van der Waals surface area contributed by atoms with Crippen molar-refractivity contribution in [3.63, 3.8) is 0 Å². The molecule has 28 nitrogen and oxygen atoms in total. The molecule has 108 heavy (non-hydrogen) atoms. The van der Waals surface area contributed by atoms with Gasteiger partial charge in [0.15, 0.2) is 60.1 Å². The van der Waals surface area contributed by atoms with Crippen molar-refractivity contribution >= 4 is 47.0 Å². The third-order valence-corrected chi connectivity index (χ3v) is 20.0. The Hall–Kier alpha value is -8.16. The number of aliphatic hydroxyl groups is 12. The predicted molar refractivity (Wildman–Crippen MR) is 391 cm³/mol. The van der Waals surface area contributed by atoms with Gasteiger partial charge in [-0.15, -0.1) is 0 Å². The molecule has 0 aromatic carbocycles. The summed E-state index contributed by atoms with van der Waals surface area (Å²) in [4.78, 5) is 92.0. The van der Waals surface area contributed by atoms with E-state index in [4.69, 9.17) is 69.3 Å². The van der Waals surface area contributed by atoms with Crippen molar-refractivity contribution in [1.82, 2.24) is 0 Å². The van der Waals surface area contributed by atoms with Crippen molar-refractivity contribution in [2.45, 2.75) is 252 Å².